The fraction of sp³-hybridized carbons (Fsp3) is 0.263. The zero-order chi connectivity index (χ0) is 21.8. The Morgan fingerprint density at radius 3 is 2.34 bits per heavy atom. The van der Waals surface area contributed by atoms with Gasteiger partial charge in [-0.05, 0) is 38.1 Å². The predicted molar refractivity (Wildman–Crippen MR) is 99.4 cm³/mol. The molecule has 10 heteroatoms. The van der Waals surface area contributed by atoms with Crippen LogP contribution in [-0.2, 0) is 15.7 Å². The predicted octanol–water partition coefficient (Wildman–Crippen LogP) is 6.01. The van der Waals surface area contributed by atoms with Gasteiger partial charge < -0.3 is 14.2 Å². The number of nitriles is 1. The Hall–Kier alpha value is -2.63. The molecule has 0 aliphatic rings. The van der Waals surface area contributed by atoms with Crippen molar-refractivity contribution in [1.82, 2.24) is 0 Å². The summed E-state index contributed by atoms with van der Waals surface area (Å²) in [5, 5.41) is 8.51. The molecule has 0 spiro atoms. The molecular weight excluding hydrogens is 434 g/mol. The number of hydrogen-bond donors (Lipinski definition) is 0. The number of rotatable bonds is 6. The fourth-order valence-electron chi connectivity index (χ4n) is 2.19. The van der Waals surface area contributed by atoms with Gasteiger partial charge in [0.15, 0.2) is 11.9 Å². The number of halogens is 5. The second-order valence-corrected chi connectivity index (χ2v) is 6.47. The minimum absolute atomic E-state index is 0.0182. The highest BCUT2D eigenvalue weighted by atomic mass is 35.5. The van der Waals surface area contributed by atoms with E-state index in [0.717, 1.165) is 0 Å². The Morgan fingerprint density at radius 1 is 1.21 bits per heavy atom. The number of benzene rings is 2. The van der Waals surface area contributed by atoms with E-state index in [2.05, 4.69) is 0 Å². The van der Waals surface area contributed by atoms with Crippen molar-refractivity contribution in [2.24, 2.45) is 0 Å². The summed E-state index contributed by atoms with van der Waals surface area (Å²) >= 11 is 11.8. The van der Waals surface area contributed by atoms with Gasteiger partial charge in [-0.2, -0.15) is 18.4 Å². The Labute approximate surface area is 174 Å². The average Bonchev–Trinajstić information content (AvgIpc) is 2.64. The summed E-state index contributed by atoms with van der Waals surface area (Å²) in [7, 11) is 0. The number of esters is 1. The highest BCUT2D eigenvalue weighted by Gasteiger charge is 2.32. The van der Waals surface area contributed by atoms with E-state index in [1.54, 1.807) is 6.92 Å². The number of carbonyl (C=O) groups is 1. The maximum absolute atomic E-state index is 12.8. The highest BCUT2D eigenvalue weighted by Crippen LogP contribution is 2.42. The van der Waals surface area contributed by atoms with Crippen molar-refractivity contribution >= 4 is 29.2 Å². The minimum atomic E-state index is -4.62. The first-order chi connectivity index (χ1) is 13.6. The fourth-order valence-corrected chi connectivity index (χ4v) is 2.76. The maximum Gasteiger partial charge on any atom is 0.416 e. The minimum Gasteiger partial charge on any atom is -0.477 e. The molecule has 1 atom stereocenters. The molecule has 29 heavy (non-hydrogen) atoms. The Kier molecular flexibility index (Phi) is 7.22. The van der Waals surface area contributed by atoms with Gasteiger partial charge in [-0.25, -0.2) is 4.79 Å². The van der Waals surface area contributed by atoms with E-state index in [-0.39, 0.29) is 39.5 Å². The molecule has 5 nitrogen and oxygen atoms in total. The molecule has 0 aliphatic heterocycles. The first-order valence-electron chi connectivity index (χ1n) is 8.18. The van der Waals surface area contributed by atoms with Crippen LogP contribution in [0.2, 0.25) is 10.0 Å². The Balaban J connectivity index is 2.33. The zero-order valence-corrected chi connectivity index (χ0v) is 16.7. The van der Waals surface area contributed by atoms with Crippen LogP contribution in [0.5, 0.6) is 17.2 Å². The largest absolute Gasteiger partial charge is 0.477 e. The van der Waals surface area contributed by atoms with Crippen LogP contribution in [0.15, 0.2) is 30.3 Å². The Bertz CT molecular complexity index is 934. The Morgan fingerprint density at radius 2 is 1.83 bits per heavy atom. The monoisotopic (exact) mass is 447 g/mol. The summed E-state index contributed by atoms with van der Waals surface area (Å²) in [4.78, 5) is 11.7. The second kappa shape index (κ2) is 9.25. The van der Waals surface area contributed by atoms with E-state index < -0.39 is 23.8 Å². The van der Waals surface area contributed by atoms with E-state index in [4.69, 9.17) is 37.4 Å². The van der Waals surface area contributed by atoms with Crippen molar-refractivity contribution in [3.63, 3.8) is 0 Å². The average molecular weight is 448 g/mol. The van der Waals surface area contributed by atoms with Gasteiger partial charge in [0.25, 0.3) is 0 Å². The van der Waals surface area contributed by atoms with Crippen LogP contribution in [0.4, 0.5) is 13.2 Å². The number of nitrogens with zero attached hydrogens (tertiary/aromatic N) is 1. The van der Waals surface area contributed by atoms with E-state index >= 15 is 0 Å². The van der Waals surface area contributed by atoms with Gasteiger partial charge in [0.2, 0.25) is 0 Å². The molecule has 0 bridgehead atoms. The van der Waals surface area contributed by atoms with Crippen LogP contribution in [0.25, 0.3) is 0 Å². The van der Waals surface area contributed by atoms with Crippen molar-refractivity contribution in [3.8, 4) is 23.3 Å². The second-order valence-electron chi connectivity index (χ2n) is 5.65. The van der Waals surface area contributed by atoms with Gasteiger partial charge in [0, 0.05) is 6.07 Å². The van der Waals surface area contributed by atoms with Crippen LogP contribution in [-0.4, -0.2) is 18.7 Å². The van der Waals surface area contributed by atoms with E-state index in [9.17, 15) is 23.2 Å². The molecule has 2 aromatic carbocycles. The normalized spacial score (nSPS) is 12.1. The van der Waals surface area contributed by atoms with Gasteiger partial charge in [0.1, 0.15) is 17.6 Å². The molecule has 154 valence electrons. The first-order valence-corrected chi connectivity index (χ1v) is 8.94. The van der Waals surface area contributed by atoms with Gasteiger partial charge in [-0.1, -0.05) is 23.2 Å². The molecule has 0 N–H and O–H groups in total. The topological polar surface area (TPSA) is 68.6 Å². The van der Waals surface area contributed by atoms with Gasteiger partial charge in [-0.15, -0.1) is 0 Å². The smallest absolute Gasteiger partial charge is 0.416 e. The van der Waals surface area contributed by atoms with Gasteiger partial charge in [-0.3, -0.25) is 0 Å². The SMILES string of the molecule is CCOC(=O)C(C)Oc1cc(Oc2c(Cl)cc(C(F)(F)F)cc2Cl)ccc1C#N. The number of ether oxygens (including phenoxy) is 3. The third kappa shape index (κ3) is 5.68. The summed E-state index contributed by atoms with van der Waals surface area (Å²) in [6, 6.07) is 7.30. The maximum atomic E-state index is 12.8. The molecule has 0 aliphatic carbocycles. The lowest BCUT2D eigenvalue weighted by Crippen LogP contribution is -2.26. The number of hydrogen-bond acceptors (Lipinski definition) is 5. The zero-order valence-electron chi connectivity index (χ0n) is 15.1. The van der Waals surface area contributed by atoms with Crippen LogP contribution < -0.4 is 9.47 Å². The third-order valence-corrected chi connectivity index (χ3v) is 4.10. The van der Waals surface area contributed by atoms with E-state index in [0.29, 0.717) is 12.1 Å². The molecule has 0 saturated carbocycles. The lowest BCUT2D eigenvalue weighted by Gasteiger charge is -2.16. The van der Waals surface area contributed by atoms with Crippen molar-refractivity contribution in [3.05, 3.63) is 51.5 Å². The summed E-state index contributed by atoms with van der Waals surface area (Å²) in [6.07, 6.45) is -5.62. The van der Waals surface area contributed by atoms with E-state index in [1.807, 2.05) is 6.07 Å². The third-order valence-electron chi connectivity index (χ3n) is 3.54. The molecule has 1 unspecified atom stereocenters. The van der Waals surface area contributed by atoms with E-state index in [1.165, 1.54) is 25.1 Å². The summed E-state index contributed by atoms with van der Waals surface area (Å²) in [5.41, 5.74) is -0.912. The van der Waals surface area contributed by atoms with Crippen molar-refractivity contribution < 1.29 is 32.2 Å². The van der Waals surface area contributed by atoms with Crippen molar-refractivity contribution in [1.29, 1.82) is 5.26 Å². The molecule has 0 heterocycles. The van der Waals surface area contributed by atoms with Crippen molar-refractivity contribution in [2.75, 3.05) is 6.61 Å². The lowest BCUT2D eigenvalue weighted by atomic mass is 10.2. The quantitative estimate of drug-likeness (QED) is 0.507. The van der Waals surface area contributed by atoms with Crippen LogP contribution in [0.1, 0.15) is 25.0 Å². The van der Waals surface area contributed by atoms with Crippen LogP contribution in [0, 0.1) is 11.3 Å². The first kappa shape index (κ1) is 22.7. The standard InChI is InChI=1S/C19H14Cl2F3NO4/c1-3-27-18(26)10(2)28-16-8-13(5-4-11(16)9-25)29-17-14(20)6-12(7-15(17)21)19(22,23)24/h4-8,10H,3H2,1-2H3. The van der Waals surface area contributed by atoms with Crippen molar-refractivity contribution in [2.45, 2.75) is 26.1 Å². The molecule has 2 rings (SSSR count). The van der Waals surface area contributed by atoms with Gasteiger partial charge in [0.05, 0.1) is 27.8 Å². The van der Waals surface area contributed by atoms with Crippen LogP contribution >= 0.6 is 23.2 Å². The molecule has 0 saturated heterocycles. The molecular formula is C19H14Cl2F3NO4. The molecule has 0 amide bonds. The summed E-state index contributed by atoms with van der Waals surface area (Å²) in [5.74, 6) is -0.727. The molecule has 2 aromatic rings. The number of carbonyl (C=O) groups excluding carboxylic acids is 1. The van der Waals surface area contributed by atoms with Crippen LogP contribution in [0.3, 0.4) is 0 Å². The highest BCUT2D eigenvalue weighted by molar-refractivity contribution is 6.37. The number of alkyl halides is 3. The summed E-state index contributed by atoms with van der Waals surface area (Å²) in [6.45, 7) is 3.24. The molecule has 0 fully saturated rings. The molecule has 0 aromatic heterocycles. The lowest BCUT2D eigenvalue weighted by molar-refractivity contribution is -0.150. The molecule has 0 radical (unpaired) electrons. The summed E-state index contributed by atoms with van der Waals surface area (Å²) < 4.78 is 54.3. The van der Waals surface area contributed by atoms with Gasteiger partial charge >= 0.3 is 12.1 Å².